The molecule has 0 saturated carbocycles. The summed E-state index contributed by atoms with van der Waals surface area (Å²) in [6.07, 6.45) is 1.76. The van der Waals surface area contributed by atoms with Crippen LogP contribution in [-0.2, 0) is 16.4 Å². The van der Waals surface area contributed by atoms with Crippen molar-refractivity contribution in [1.29, 1.82) is 0 Å². The molecule has 110 valence electrons. The fraction of sp³-hybridized carbons (Fsp3) is 0.250. The van der Waals surface area contributed by atoms with Crippen molar-refractivity contribution in [2.24, 2.45) is 0 Å². The first-order valence-electron chi connectivity index (χ1n) is 6.86. The van der Waals surface area contributed by atoms with Crippen LogP contribution >= 0.6 is 11.6 Å². The molecule has 0 aliphatic carbocycles. The smallest absolute Gasteiger partial charge is 0.264 e. The first-order chi connectivity index (χ1) is 9.98. The average Bonchev–Trinajstić information content (AvgIpc) is 2.46. The number of benzene rings is 2. The van der Waals surface area contributed by atoms with Gasteiger partial charge in [-0.15, -0.1) is 0 Å². The predicted octanol–water partition coefficient (Wildman–Crippen LogP) is 3.79. The minimum absolute atomic E-state index is 0.278. The van der Waals surface area contributed by atoms with Crippen LogP contribution in [0.1, 0.15) is 17.5 Å². The second-order valence-electron chi connectivity index (χ2n) is 5.27. The van der Waals surface area contributed by atoms with E-state index in [1.165, 1.54) is 4.31 Å². The molecule has 0 radical (unpaired) electrons. The van der Waals surface area contributed by atoms with Gasteiger partial charge in [-0.05, 0) is 55.7 Å². The number of fused-ring (bicyclic) bond motifs is 1. The molecule has 0 spiro atoms. The molecule has 0 N–H and O–H groups in total. The van der Waals surface area contributed by atoms with Gasteiger partial charge in [0.05, 0.1) is 10.6 Å². The lowest BCUT2D eigenvalue weighted by atomic mass is 10.0. The third-order valence-corrected chi connectivity index (χ3v) is 5.79. The Kier molecular flexibility index (Phi) is 3.68. The Morgan fingerprint density at radius 2 is 1.81 bits per heavy atom. The van der Waals surface area contributed by atoms with Crippen molar-refractivity contribution in [3.63, 3.8) is 0 Å². The fourth-order valence-electron chi connectivity index (χ4n) is 2.67. The van der Waals surface area contributed by atoms with E-state index in [0.29, 0.717) is 11.6 Å². The molecular formula is C16H16ClNO2S. The van der Waals surface area contributed by atoms with Gasteiger partial charge in [-0.25, -0.2) is 8.42 Å². The molecule has 3 nitrogen and oxygen atoms in total. The Morgan fingerprint density at radius 1 is 1.10 bits per heavy atom. The quantitative estimate of drug-likeness (QED) is 0.844. The number of rotatable bonds is 2. The van der Waals surface area contributed by atoms with Gasteiger partial charge in [0.1, 0.15) is 0 Å². The second kappa shape index (κ2) is 5.35. The average molecular weight is 322 g/mol. The van der Waals surface area contributed by atoms with Crippen LogP contribution in [0.5, 0.6) is 0 Å². The number of anilines is 1. The molecule has 0 atom stereocenters. The molecule has 0 unspecified atom stereocenters. The van der Waals surface area contributed by atoms with Gasteiger partial charge in [-0.3, -0.25) is 4.31 Å². The molecule has 1 heterocycles. The zero-order valence-electron chi connectivity index (χ0n) is 11.7. The zero-order chi connectivity index (χ0) is 15.0. The lowest BCUT2D eigenvalue weighted by Gasteiger charge is -2.30. The van der Waals surface area contributed by atoms with Crippen LogP contribution in [0.3, 0.4) is 0 Å². The van der Waals surface area contributed by atoms with Crippen molar-refractivity contribution in [2.75, 3.05) is 10.8 Å². The number of sulfonamides is 1. The summed E-state index contributed by atoms with van der Waals surface area (Å²) in [7, 11) is -3.53. The van der Waals surface area contributed by atoms with Gasteiger partial charge in [0.25, 0.3) is 10.0 Å². The molecule has 3 rings (SSSR count). The van der Waals surface area contributed by atoms with E-state index in [9.17, 15) is 8.42 Å². The molecule has 0 aromatic heterocycles. The van der Waals surface area contributed by atoms with Crippen molar-refractivity contribution in [3.05, 3.63) is 58.6 Å². The highest BCUT2D eigenvalue weighted by Crippen LogP contribution is 2.32. The summed E-state index contributed by atoms with van der Waals surface area (Å²) in [6.45, 7) is 2.54. The molecule has 0 fully saturated rings. The van der Waals surface area contributed by atoms with E-state index in [0.717, 1.165) is 29.7 Å². The van der Waals surface area contributed by atoms with E-state index in [-0.39, 0.29) is 4.90 Å². The van der Waals surface area contributed by atoms with Gasteiger partial charge in [-0.1, -0.05) is 29.3 Å². The molecule has 2 aromatic rings. The lowest BCUT2D eigenvalue weighted by Crippen LogP contribution is -2.35. The van der Waals surface area contributed by atoms with Crippen LogP contribution < -0.4 is 4.31 Å². The number of hydrogen-bond acceptors (Lipinski definition) is 2. The first-order valence-corrected chi connectivity index (χ1v) is 8.68. The third-order valence-electron chi connectivity index (χ3n) is 3.71. The fourth-order valence-corrected chi connectivity index (χ4v) is 4.34. The van der Waals surface area contributed by atoms with Crippen LogP contribution in [0.25, 0.3) is 0 Å². The monoisotopic (exact) mass is 321 g/mol. The number of hydrogen-bond donors (Lipinski definition) is 0. The molecule has 0 amide bonds. The van der Waals surface area contributed by atoms with Gasteiger partial charge in [-0.2, -0.15) is 0 Å². The van der Waals surface area contributed by atoms with Crippen molar-refractivity contribution in [3.8, 4) is 0 Å². The van der Waals surface area contributed by atoms with Crippen LogP contribution in [0.15, 0.2) is 47.4 Å². The highest BCUT2D eigenvalue weighted by molar-refractivity contribution is 7.92. The van der Waals surface area contributed by atoms with E-state index < -0.39 is 10.0 Å². The Balaban J connectivity index is 2.07. The summed E-state index contributed by atoms with van der Waals surface area (Å²) in [5, 5.41) is 0.531. The standard InChI is InChI=1S/C16H16ClNO2S/c1-12-4-9-16-13(11-12)3-2-10-18(16)21(19,20)15-7-5-14(17)6-8-15/h4-9,11H,2-3,10H2,1H3. The molecule has 1 aliphatic rings. The molecule has 0 bridgehead atoms. The van der Waals surface area contributed by atoms with Crippen LogP contribution in [0, 0.1) is 6.92 Å². The zero-order valence-corrected chi connectivity index (χ0v) is 13.3. The molecule has 1 aliphatic heterocycles. The van der Waals surface area contributed by atoms with E-state index in [1.807, 2.05) is 19.1 Å². The van der Waals surface area contributed by atoms with Gasteiger partial charge in [0.15, 0.2) is 0 Å². The molecule has 5 heteroatoms. The summed E-state index contributed by atoms with van der Waals surface area (Å²) >= 11 is 5.84. The summed E-state index contributed by atoms with van der Waals surface area (Å²) < 4.78 is 27.2. The minimum Gasteiger partial charge on any atom is -0.266 e. The Morgan fingerprint density at radius 3 is 2.52 bits per heavy atom. The largest absolute Gasteiger partial charge is 0.266 e. The van der Waals surface area contributed by atoms with Crippen LogP contribution in [0.2, 0.25) is 5.02 Å². The van der Waals surface area contributed by atoms with Gasteiger partial charge in [0.2, 0.25) is 0 Å². The van der Waals surface area contributed by atoms with Crippen LogP contribution in [0.4, 0.5) is 5.69 Å². The van der Waals surface area contributed by atoms with Crippen molar-refractivity contribution in [1.82, 2.24) is 0 Å². The molecule has 21 heavy (non-hydrogen) atoms. The van der Waals surface area contributed by atoms with Crippen molar-refractivity contribution >= 4 is 27.3 Å². The van der Waals surface area contributed by atoms with E-state index >= 15 is 0 Å². The Labute approximate surface area is 130 Å². The SMILES string of the molecule is Cc1ccc2c(c1)CCCN2S(=O)(=O)c1ccc(Cl)cc1. The maximum atomic E-state index is 12.8. The topological polar surface area (TPSA) is 37.4 Å². The van der Waals surface area contributed by atoms with E-state index in [1.54, 1.807) is 24.3 Å². The lowest BCUT2D eigenvalue weighted by molar-refractivity contribution is 0.586. The van der Waals surface area contributed by atoms with Gasteiger partial charge >= 0.3 is 0 Å². The van der Waals surface area contributed by atoms with Crippen molar-refractivity contribution in [2.45, 2.75) is 24.7 Å². The first kappa shape index (κ1) is 14.4. The van der Waals surface area contributed by atoms with E-state index in [2.05, 4.69) is 6.07 Å². The highest BCUT2D eigenvalue weighted by Gasteiger charge is 2.28. The van der Waals surface area contributed by atoms with Crippen molar-refractivity contribution < 1.29 is 8.42 Å². The Hall–Kier alpha value is -1.52. The highest BCUT2D eigenvalue weighted by atomic mass is 35.5. The second-order valence-corrected chi connectivity index (χ2v) is 7.57. The van der Waals surface area contributed by atoms with E-state index in [4.69, 9.17) is 11.6 Å². The molecular weight excluding hydrogens is 306 g/mol. The number of nitrogens with zero attached hydrogens (tertiary/aromatic N) is 1. The minimum atomic E-state index is -3.53. The van der Waals surface area contributed by atoms with Crippen LogP contribution in [-0.4, -0.2) is 15.0 Å². The summed E-state index contributed by atoms with van der Waals surface area (Å²) in [4.78, 5) is 0.278. The molecule has 2 aromatic carbocycles. The predicted molar refractivity (Wildman–Crippen MR) is 85.5 cm³/mol. The number of aryl methyl sites for hydroxylation is 2. The van der Waals surface area contributed by atoms with Gasteiger partial charge in [0, 0.05) is 11.6 Å². The van der Waals surface area contributed by atoms with Gasteiger partial charge < -0.3 is 0 Å². The summed E-state index contributed by atoms with van der Waals surface area (Å²) in [5.74, 6) is 0. The summed E-state index contributed by atoms with van der Waals surface area (Å²) in [5.41, 5.74) is 3.04. The molecule has 0 saturated heterocycles. The maximum Gasteiger partial charge on any atom is 0.264 e. The summed E-state index contributed by atoms with van der Waals surface area (Å²) in [6, 6.07) is 12.2. The normalized spacial score (nSPS) is 14.9. The Bertz CT molecular complexity index is 769. The third kappa shape index (κ3) is 2.65. The maximum absolute atomic E-state index is 12.8. The number of halogens is 1.